The summed E-state index contributed by atoms with van der Waals surface area (Å²) in [4.78, 5) is 0. The first-order valence-corrected chi connectivity index (χ1v) is 2.15. The van der Waals surface area contributed by atoms with Crippen LogP contribution in [0, 0.1) is 11.2 Å². The predicted octanol–water partition coefficient (Wildman–Crippen LogP) is -0.169. The first-order chi connectivity index (χ1) is 3.93. The fourth-order valence-electron chi connectivity index (χ4n) is 0.416. The highest BCUT2D eigenvalue weighted by Crippen LogP contribution is 1.76. The van der Waals surface area contributed by atoms with Crippen molar-refractivity contribution in [2.45, 2.75) is 0 Å². The summed E-state index contributed by atoms with van der Waals surface area (Å²) in [5.74, 6) is 1.85. The standard InChI is InChI=1S/C4H3BN3/c6-4-5-8-3-1-2-7-8/h1-3H. The summed E-state index contributed by atoms with van der Waals surface area (Å²) in [7, 11) is 1.32. The summed E-state index contributed by atoms with van der Waals surface area (Å²) in [5.41, 5.74) is 0. The molecule has 1 heterocycles. The molecule has 37 valence electrons. The lowest BCUT2D eigenvalue weighted by Gasteiger charge is -1.82. The van der Waals surface area contributed by atoms with Gasteiger partial charge in [-0.05, 0) is 6.07 Å². The van der Waals surface area contributed by atoms with Crippen LogP contribution < -0.4 is 0 Å². The quantitative estimate of drug-likeness (QED) is 0.464. The molecule has 0 fully saturated rings. The molecule has 3 nitrogen and oxygen atoms in total. The van der Waals surface area contributed by atoms with Gasteiger partial charge < -0.3 is 4.59 Å². The summed E-state index contributed by atoms with van der Waals surface area (Å²) in [6.07, 6.45) is 3.32. The first-order valence-electron chi connectivity index (χ1n) is 2.15. The van der Waals surface area contributed by atoms with Crippen LogP contribution in [-0.4, -0.2) is 17.1 Å². The topological polar surface area (TPSA) is 41.6 Å². The van der Waals surface area contributed by atoms with E-state index in [1.165, 1.54) is 12.0 Å². The van der Waals surface area contributed by atoms with Gasteiger partial charge in [-0.1, -0.05) is 0 Å². The van der Waals surface area contributed by atoms with Crippen molar-refractivity contribution in [3.05, 3.63) is 18.5 Å². The molecular formula is C4H3BN3. The van der Waals surface area contributed by atoms with E-state index in [1.54, 1.807) is 18.5 Å². The van der Waals surface area contributed by atoms with Crippen LogP contribution in [0.5, 0.6) is 0 Å². The van der Waals surface area contributed by atoms with E-state index >= 15 is 0 Å². The Labute approximate surface area is 47.8 Å². The summed E-state index contributed by atoms with van der Waals surface area (Å²) in [6, 6.07) is 1.76. The average molecular weight is 104 g/mol. The fourth-order valence-corrected chi connectivity index (χ4v) is 0.416. The minimum absolute atomic E-state index is 1.32. The summed E-state index contributed by atoms with van der Waals surface area (Å²) in [5, 5.41) is 11.8. The Hall–Kier alpha value is -1.24. The van der Waals surface area contributed by atoms with Crippen LogP contribution in [0.1, 0.15) is 0 Å². The maximum Gasteiger partial charge on any atom is 0.412 e. The third kappa shape index (κ3) is 0.879. The van der Waals surface area contributed by atoms with E-state index in [2.05, 4.69) is 5.10 Å². The maximum atomic E-state index is 8.07. The van der Waals surface area contributed by atoms with Crippen molar-refractivity contribution in [2.75, 3.05) is 0 Å². The maximum absolute atomic E-state index is 8.07. The number of rotatable bonds is 1. The molecule has 0 aliphatic carbocycles. The highest BCUT2D eigenvalue weighted by molar-refractivity contribution is 6.42. The largest absolute Gasteiger partial charge is 0.412 e. The number of nitrogens with zero attached hydrogens (tertiary/aromatic N) is 3. The number of hydrogen-bond acceptors (Lipinski definition) is 2. The normalized spacial score (nSPS) is 7.88. The van der Waals surface area contributed by atoms with Gasteiger partial charge in [0.15, 0.2) is 0 Å². The Morgan fingerprint density at radius 1 is 1.75 bits per heavy atom. The fraction of sp³-hybridized carbons (Fsp3) is 0. The minimum Gasteiger partial charge on any atom is -0.303 e. The van der Waals surface area contributed by atoms with E-state index in [1.807, 2.05) is 5.97 Å². The third-order valence-corrected chi connectivity index (χ3v) is 0.715. The molecule has 1 radical (unpaired) electrons. The Morgan fingerprint density at radius 2 is 2.62 bits per heavy atom. The van der Waals surface area contributed by atoms with Crippen LogP contribution in [0.3, 0.4) is 0 Å². The molecule has 0 atom stereocenters. The van der Waals surface area contributed by atoms with Gasteiger partial charge in [0.05, 0.1) is 0 Å². The second-order valence-electron chi connectivity index (χ2n) is 1.24. The van der Waals surface area contributed by atoms with Crippen LogP contribution in [0.25, 0.3) is 0 Å². The van der Waals surface area contributed by atoms with Crippen molar-refractivity contribution in [2.24, 2.45) is 0 Å². The molecule has 0 aromatic carbocycles. The molecule has 4 heteroatoms. The van der Waals surface area contributed by atoms with Gasteiger partial charge in [-0.25, -0.2) is 5.26 Å². The summed E-state index contributed by atoms with van der Waals surface area (Å²) >= 11 is 0. The molecule has 8 heavy (non-hydrogen) atoms. The van der Waals surface area contributed by atoms with Crippen LogP contribution in [0.2, 0.25) is 0 Å². The molecule has 0 N–H and O–H groups in total. The first kappa shape index (κ1) is 4.91. The highest BCUT2D eigenvalue weighted by atomic mass is 15.2. The zero-order chi connectivity index (χ0) is 5.82. The van der Waals surface area contributed by atoms with Gasteiger partial charge in [-0.2, -0.15) is 5.10 Å². The van der Waals surface area contributed by atoms with Gasteiger partial charge >= 0.3 is 7.41 Å². The van der Waals surface area contributed by atoms with Gasteiger partial charge in [0, 0.05) is 18.4 Å². The smallest absolute Gasteiger partial charge is 0.303 e. The van der Waals surface area contributed by atoms with E-state index in [0.29, 0.717) is 0 Å². The van der Waals surface area contributed by atoms with E-state index in [0.717, 1.165) is 0 Å². The molecule has 0 amide bonds. The Kier molecular flexibility index (Phi) is 1.33. The molecule has 0 spiro atoms. The van der Waals surface area contributed by atoms with Gasteiger partial charge in [0.25, 0.3) is 0 Å². The minimum atomic E-state index is 1.32. The Bertz CT molecular complexity index is 186. The Balaban J connectivity index is 2.67. The lowest BCUT2D eigenvalue weighted by molar-refractivity contribution is 0.982. The molecular weight excluding hydrogens is 101 g/mol. The zero-order valence-corrected chi connectivity index (χ0v) is 4.15. The molecule has 0 unspecified atom stereocenters. The molecule has 1 rings (SSSR count). The number of hydrogen-bond donors (Lipinski definition) is 0. The van der Waals surface area contributed by atoms with Crippen molar-refractivity contribution in [3.8, 4) is 5.97 Å². The van der Waals surface area contributed by atoms with E-state index in [9.17, 15) is 0 Å². The zero-order valence-electron chi connectivity index (χ0n) is 4.15. The van der Waals surface area contributed by atoms with Crippen LogP contribution in [0.4, 0.5) is 0 Å². The van der Waals surface area contributed by atoms with Crippen molar-refractivity contribution in [1.82, 2.24) is 9.69 Å². The molecule has 0 saturated heterocycles. The molecule has 0 aliphatic rings. The van der Waals surface area contributed by atoms with E-state index < -0.39 is 0 Å². The van der Waals surface area contributed by atoms with Crippen LogP contribution in [0.15, 0.2) is 18.5 Å². The molecule has 0 bridgehead atoms. The van der Waals surface area contributed by atoms with Crippen molar-refractivity contribution < 1.29 is 0 Å². The van der Waals surface area contributed by atoms with Crippen LogP contribution >= 0.6 is 0 Å². The molecule has 0 aliphatic heterocycles. The summed E-state index contributed by atoms with van der Waals surface area (Å²) < 4.78 is 1.44. The van der Waals surface area contributed by atoms with Gasteiger partial charge in [-0.15, -0.1) is 0 Å². The summed E-state index contributed by atoms with van der Waals surface area (Å²) in [6.45, 7) is 0. The number of aromatic nitrogens is 2. The second-order valence-corrected chi connectivity index (χ2v) is 1.24. The molecule has 0 saturated carbocycles. The van der Waals surface area contributed by atoms with Crippen molar-refractivity contribution >= 4 is 7.41 Å². The predicted molar refractivity (Wildman–Crippen MR) is 29.0 cm³/mol. The lowest BCUT2D eigenvalue weighted by atomic mass is 10.0. The van der Waals surface area contributed by atoms with Crippen LogP contribution in [-0.2, 0) is 0 Å². The molecule has 1 aromatic heterocycles. The number of nitriles is 1. The molecule has 1 aromatic rings. The Morgan fingerprint density at radius 3 is 3.12 bits per heavy atom. The third-order valence-electron chi connectivity index (χ3n) is 0.715. The monoisotopic (exact) mass is 104 g/mol. The van der Waals surface area contributed by atoms with E-state index in [4.69, 9.17) is 5.26 Å². The van der Waals surface area contributed by atoms with Crippen molar-refractivity contribution in [3.63, 3.8) is 0 Å². The van der Waals surface area contributed by atoms with Gasteiger partial charge in [0.1, 0.15) is 0 Å². The van der Waals surface area contributed by atoms with E-state index in [-0.39, 0.29) is 0 Å². The lowest BCUT2D eigenvalue weighted by Crippen LogP contribution is -2.02. The SMILES string of the molecule is N#C[B]n1cccn1. The van der Waals surface area contributed by atoms with Gasteiger partial charge in [-0.3, -0.25) is 0 Å². The second kappa shape index (κ2) is 2.17. The highest BCUT2D eigenvalue weighted by Gasteiger charge is 1.87. The average Bonchev–Trinajstić information content (AvgIpc) is 2.19. The van der Waals surface area contributed by atoms with Crippen molar-refractivity contribution in [1.29, 1.82) is 5.26 Å². The van der Waals surface area contributed by atoms with Gasteiger partial charge in [0.2, 0.25) is 0 Å².